The molecule has 0 saturated carbocycles. The van der Waals surface area contributed by atoms with Gasteiger partial charge in [-0.3, -0.25) is 4.68 Å². The van der Waals surface area contributed by atoms with Crippen molar-refractivity contribution in [2.24, 2.45) is 0 Å². The quantitative estimate of drug-likeness (QED) is 0.762. The van der Waals surface area contributed by atoms with Crippen LogP contribution in [0.2, 0.25) is 0 Å². The molecule has 1 aromatic carbocycles. The second-order valence-corrected chi connectivity index (χ2v) is 4.51. The van der Waals surface area contributed by atoms with Crippen molar-refractivity contribution in [1.29, 1.82) is 0 Å². The summed E-state index contributed by atoms with van der Waals surface area (Å²) < 4.78 is 7.10. The van der Waals surface area contributed by atoms with Gasteiger partial charge in [0, 0.05) is 30.6 Å². The molecule has 4 heteroatoms. The van der Waals surface area contributed by atoms with Gasteiger partial charge in [0.2, 0.25) is 0 Å². The average Bonchev–Trinajstić information content (AvgIpc) is 3.07. The SMILES string of the molecule is CCn1nc(CNCc2ccoc2)c2ccccc21. The number of para-hydroxylation sites is 1. The lowest BCUT2D eigenvalue weighted by atomic mass is 10.2. The van der Waals surface area contributed by atoms with Crippen molar-refractivity contribution < 1.29 is 4.42 Å². The Bertz CT molecular complexity index is 655. The van der Waals surface area contributed by atoms with Gasteiger partial charge in [0.15, 0.2) is 0 Å². The summed E-state index contributed by atoms with van der Waals surface area (Å²) in [6, 6.07) is 10.3. The van der Waals surface area contributed by atoms with Crippen LogP contribution in [-0.4, -0.2) is 9.78 Å². The topological polar surface area (TPSA) is 43.0 Å². The third-order valence-electron chi connectivity index (χ3n) is 3.24. The Balaban J connectivity index is 1.77. The predicted octanol–water partition coefficient (Wildman–Crippen LogP) is 2.94. The molecule has 0 aliphatic heterocycles. The Hall–Kier alpha value is -2.07. The fourth-order valence-electron chi connectivity index (χ4n) is 2.29. The van der Waals surface area contributed by atoms with Crippen molar-refractivity contribution in [2.45, 2.75) is 26.6 Å². The minimum Gasteiger partial charge on any atom is -0.472 e. The molecule has 0 radical (unpaired) electrons. The first-order valence-electron chi connectivity index (χ1n) is 6.54. The van der Waals surface area contributed by atoms with E-state index in [0.717, 1.165) is 30.9 Å². The van der Waals surface area contributed by atoms with Crippen LogP contribution < -0.4 is 5.32 Å². The van der Waals surface area contributed by atoms with Gasteiger partial charge in [-0.05, 0) is 19.1 Å². The molecule has 0 aliphatic carbocycles. The van der Waals surface area contributed by atoms with Crippen LogP contribution in [-0.2, 0) is 19.6 Å². The zero-order valence-corrected chi connectivity index (χ0v) is 11.0. The molecule has 0 aliphatic rings. The molecule has 3 aromatic rings. The number of nitrogens with one attached hydrogen (secondary N) is 1. The Morgan fingerprint density at radius 3 is 2.89 bits per heavy atom. The lowest BCUT2D eigenvalue weighted by Gasteiger charge is -2.00. The minimum atomic E-state index is 0.763. The van der Waals surface area contributed by atoms with Gasteiger partial charge in [-0.25, -0.2) is 0 Å². The molecule has 98 valence electrons. The first kappa shape index (κ1) is 12.0. The average molecular weight is 255 g/mol. The maximum absolute atomic E-state index is 5.05. The van der Waals surface area contributed by atoms with E-state index in [2.05, 4.69) is 41.6 Å². The maximum atomic E-state index is 5.05. The zero-order valence-electron chi connectivity index (χ0n) is 11.0. The molecule has 1 N–H and O–H groups in total. The van der Waals surface area contributed by atoms with E-state index in [9.17, 15) is 0 Å². The summed E-state index contributed by atoms with van der Waals surface area (Å²) in [5, 5.41) is 9.28. The number of nitrogens with zero attached hydrogens (tertiary/aromatic N) is 2. The van der Waals surface area contributed by atoms with Gasteiger partial charge in [-0.1, -0.05) is 18.2 Å². The predicted molar refractivity (Wildman–Crippen MR) is 74.7 cm³/mol. The highest BCUT2D eigenvalue weighted by molar-refractivity contribution is 5.81. The summed E-state index contributed by atoms with van der Waals surface area (Å²) in [5.74, 6) is 0. The van der Waals surface area contributed by atoms with Crippen LogP contribution in [0.25, 0.3) is 10.9 Å². The van der Waals surface area contributed by atoms with Crippen LogP contribution in [0.15, 0.2) is 47.3 Å². The molecule has 0 unspecified atom stereocenters. The Kier molecular flexibility index (Phi) is 3.33. The van der Waals surface area contributed by atoms with Crippen molar-refractivity contribution >= 4 is 10.9 Å². The molecular weight excluding hydrogens is 238 g/mol. The Labute approximate surface area is 112 Å². The normalized spacial score (nSPS) is 11.2. The molecule has 19 heavy (non-hydrogen) atoms. The first-order valence-corrected chi connectivity index (χ1v) is 6.54. The van der Waals surface area contributed by atoms with E-state index in [1.807, 2.05) is 10.7 Å². The second-order valence-electron chi connectivity index (χ2n) is 4.51. The van der Waals surface area contributed by atoms with Crippen molar-refractivity contribution in [3.05, 3.63) is 54.1 Å². The van der Waals surface area contributed by atoms with Crippen molar-refractivity contribution in [1.82, 2.24) is 15.1 Å². The van der Waals surface area contributed by atoms with Gasteiger partial charge in [0.1, 0.15) is 0 Å². The highest BCUT2D eigenvalue weighted by atomic mass is 16.3. The van der Waals surface area contributed by atoms with Crippen LogP contribution in [0.3, 0.4) is 0 Å². The minimum absolute atomic E-state index is 0.763. The van der Waals surface area contributed by atoms with Crippen LogP contribution >= 0.6 is 0 Å². The number of benzene rings is 1. The number of fused-ring (bicyclic) bond motifs is 1. The van der Waals surface area contributed by atoms with Crippen LogP contribution in [0, 0.1) is 0 Å². The van der Waals surface area contributed by atoms with Crippen molar-refractivity contribution in [3.8, 4) is 0 Å². The summed E-state index contributed by atoms with van der Waals surface area (Å²) in [4.78, 5) is 0. The smallest absolute Gasteiger partial charge is 0.0947 e. The fourth-order valence-corrected chi connectivity index (χ4v) is 2.29. The molecule has 0 fully saturated rings. The third kappa shape index (κ3) is 2.39. The van der Waals surface area contributed by atoms with E-state index in [0.29, 0.717) is 0 Å². The zero-order chi connectivity index (χ0) is 13.1. The molecule has 4 nitrogen and oxygen atoms in total. The first-order chi connectivity index (χ1) is 9.38. The summed E-state index contributed by atoms with van der Waals surface area (Å²) >= 11 is 0. The van der Waals surface area contributed by atoms with E-state index < -0.39 is 0 Å². The molecule has 2 heterocycles. The highest BCUT2D eigenvalue weighted by Crippen LogP contribution is 2.18. The van der Waals surface area contributed by atoms with Gasteiger partial charge in [0.05, 0.1) is 23.7 Å². The summed E-state index contributed by atoms with van der Waals surface area (Å²) in [5.41, 5.74) is 3.45. The monoisotopic (exact) mass is 255 g/mol. The number of aromatic nitrogens is 2. The van der Waals surface area contributed by atoms with Gasteiger partial charge in [-0.15, -0.1) is 0 Å². The number of hydrogen-bond acceptors (Lipinski definition) is 3. The van der Waals surface area contributed by atoms with Gasteiger partial charge >= 0.3 is 0 Å². The van der Waals surface area contributed by atoms with E-state index in [1.54, 1.807) is 12.5 Å². The van der Waals surface area contributed by atoms with E-state index >= 15 is 0 Å². The fraction of sp³-hybridized carbons (Fsp3) is 0.267. The standard InChI is InChI=1S/C15H17N3O/c1-2-18-15-6-4-3-5-13(15)14(17-18)10-16-9-12-7-8-19-11-12/h3-8,11,16H,2,9-10H2,1H3. The van der Waals surface area contributed by atoms with E-state index in [4.69, 9.17) is 4.42 Å². The summed E-state index contributed by atoms with van der Waals surface area (Å²) in [7, 11) is 0. The molecule has 0 amide bonds. The molecule has 0 spiro atoms. The lowest BCUT2D eigenvalue weighted by molar-refractivity contribution is 0.559. The van der Waals surface area contributed by atoms with Crippen LogP contribution in [0.5, 0.6) is 0 Å². The second kappa shape index (κ2) is 5.28. The Morgan fingerprint density at radius 1 is 1.21 bits per heavy atom. The maximum Gasteiger partial charge on any atom is 0.0947 e. The third-order valence-corrected chi connectivity index (χ3v) is 3.24. The van der Waals surface area contributed by atoms with Crippen molar-refractivity contribution in [2.75, 3.05) is 0 Å². The molecule has 0 saturated heterocycles. The Morgan fingerprint density at radius 2 is 2.11 bits per heavy atom. The van der Waals surface area contributed by atoms with Crippen LogP contribution in [0.1, 0.15) is 18.2 Å². The summed E-state index contributed by atoms with van der Waals surface area (Å²) in [6.45, 7) is 4.56. The summed E-state index contributed by atoms with van der Waals surface area (Å²) in [6.07, 6.45) is 3.45. The number of furan rings is 1. The number of rotatable bonds is 5. The largest absolute Gasteiger partial charge is 0.472 e. The van der Waals surface area contributed by atoms with Gasteiger partial charge in [-0.2, -0.15) is 5.10 Å². The van der Waals surface area contributed by atoms with Gasteiger partial charge < -0.3 is 9.73 Å². The highest BCUT2D eigenvalue weighted by Gasteiger charge is 2.08. The lowest BCUT2D eigenvalue weighted by Crippen LogP contribution is -2.13. The molecule has 3 rings (SSSR count). The number of aryl methyl sites for hydroxylation is 1. The molecular formula is C15H17N3O. The molecule has 0 bridgehead atoms. The van der Waals surface area contributed by atoms with Crippen LogP contribution in [0.4, 0.5) is 0 Å². The molecule has 0 atom stereocenters. The van der Waals surface area contributed by atoms with Gasteiger partial charge in [0.25, 0.3) is 0 Å². The van der Waals surface area contributed by atoms with E-state index in [-0.39, 0.29) is 0 Å². The molecule has 2 aromatic heterocycles. The van der Waals surface area contributed by atoms with E-state index in [1.165, 1.54) is 10.9 Å². The van der Waals surface area contributed by atoms with Crippen molar-refractivity contribution in [3.63, 3.8) is 0 Å². The number of hydrogen-bond donors (Lipinski definition) is 1.